The Morgan fingerprint density at radius 1 is 1.14 bits per heavy atom. The molecule has 7 nitrogen and oxygen atoms in total. The minimum absolute atomic E-state index is 0.0288. The third-order valence-electron chi connectivity index (χ3n) is 4.88. The van der Waals surface area contributed by atoms with Gasteiger partial charge in [-0.05, 0) is 19.1 Å². The summed E-state index contributed by atoms with van der Waals surface area (Å²) in [6.45, 7) is 2.09. The summed E-state index contributed by atoms with van der Waals surface area (Å²) in [4.78, 5) is 0. The Hall–Kier alpha value is -4.23. The lowest BCUT2D eigenvalue weighted by Gasteiger charge is -2.25. The molecule has 1 aromatic heterocycles. The summed E-state index contributed by atoms with van der Waals surface area (Å²) in [6.07, 6.45) is 0. The SMILES string of the molecule is Cc1[nH]nc2c1[C@@H](c1ccccc1OCc1ccccc1C#N)C(C#N)=C(N)O2. The van der Waals surface area contributed by atoms with Crippen molar-refractivity contribution in [3.8, 4) is 23.8 Å². The minimum atomic E-state index is -0.468. The van der Waals surface area contributed by atoms with Gasteiger partial charge in [-0.15, -0.1) is 5.10 Å². The van der Waals surface area contributed by atoms with Crippen molar-refractivity contribution >= 4 is 0 Å². The van der Waals surface area contributed by atoms with Crippen molar-refractivity contribution < 1.29 is 9.47 Å². The number of ether oxygens (including phenoxy) is 2. The summed E-state index contributed by atoms with van der Waals surface area (Å²) in [7, 11) is 0. The number of nitriles is 2. The molecule has 0 saturated heterocycles. The molecule has 3 N–H and O–H groups in total. The second-order valence-electron chi connectivity index (χ2n) is 6.59. The Bertz CT molecular complexity index is 1200. The number of aromatic nitrogens is 2. The number of para-hydroxylation sites is 1. The number of nitrogens with one attached hydrogen (secondary N) is 1. The number of hydrogen-bond donors (Lipinski definition) is 2. The minimum Gasteiger partial charge on any atom is -0.489 e. The van der Waals surface area contributed by atoms with E-state index in [1.165, 1.54) is 0 Å². The van der Waals surface area contributed by atoms with Crippen LogP contribution in [0.25, 0.3) is 0 Å². The van der Waals surface area contributed by atoms with E-state index in [4.69, 9.17) is 15.2 Å². The predicted octanol–water partition coefficient (Wildman–Crippen LogP) is 3.39. The van der Waals surface area contributed by atoms with E-state index in [1.54, 1.807) is 6.07 Å². The first-order chi connectivity index (χ1) is 14.1. The van der Waals surface area contributed by atoms with Crippen molar-refractivity contribution in [2.75, 3.05) is 0 Å². The second-order valence-corrected chi connectivity index (χ2v) is 6.59. The summed E-state index contributed by atoms with van der Waals surface area (Å²) < 4.78 is 11.6. The van der Waals surface area contributed by atoms with E-state index < -0.39 is 5.92 Å². The number of benzene rings is 2. The van der Waals surface area contributed by atoms with Crippen molar-refractivity contribution in [1.82, 2.24) is 10.2 Å². The van der Waals surface area contributed by atoms with Gasteiger partial charge in [-0.1, -0.05) is 36.4 Å². The highest BCUT2D eigenvalue weighted by Gasteiger charge is 2.35. The van der Waals surface area contributed by atoms with Gasteiger partial charge < -0.3 is 15.2 Å². The van der Waals surface area contributed by atoms with E-state index >= 15 is 0 Å². The Balaban J connectivity index is 1.76. The van der Waals surface area contributed by atoms with E-state index in [2.05, 4.69) is 22.3 Å². The highest BCUT2D eigenvalue weighted by Crippen LogP contribution is 2.45. The molecule has 29 heavy (non-hydrogen) atoms. The summed E-state index contributed by atoms with van der Waals surface area (Å²) in [5, 5.41) is 26.1. The fourth-order valence-corrected chi connectivity index (χ4v) is 3.47. The van der Waals surface area contributed by atoms with Gasteiger partial charge in [0.05, 0.1) is 17.6 Å². The van der Waals surface area contributed by atoms with Gasteiger partial charge >= 0.3 is 0 Å². The molecule has 7 heteroatoms. The molecule has 0 aliphatic carbocycles. The number of aryl methyl sites for hydroxylation is 1. The molecule has 0 fully saturated rings. The average Bonchev–Trinajstić information content (AvgIpc) is 3.11. The average molecular weight is 383 g/mol. The second kappa shape index (κ2) is 7.41. The monoisotopic (exact) mass is 383 g/mol. The normalized spacial score (nSPS) is 15.1. The maximum Gasteiger partial charge on any atom is 0.244 e. The lowest BCUT2D eigenvalue weighted by Crippen LogP contribution is -2.21. The number of H-pyrrole nitrogens is 1. The molecule has 1 aliphatic heterocycles. The van der Waals surface area contributed by atoms with Crippen LogP contribution in [0.3, 0.4) is 0 Å². The van der Waals surface area contributed by atoms with Gasteiger partial charge in [-0.2, -0.15) is 10.5 Å². The molecule has 2 aromatic carbocycles. The molecular formula is C22H17N5O2. The number of nitrogens with zero attached hydrogens (tertiary/aromatic N) is 3. The maximum absolute atomic E-state index is 9.74. The van der Waals surface area contributed by atoms with Gasteiger partial charge in [0.25, 0.3) is 0 Å². The summed E-state index contributed by atoms with van der Waals surface area (Å²) in [5.74, 6) is 0.513. The van der Waals surface area contributed by atoms with Gasteiger partial charge in [-0.25, -0.2) is 0 Å². The molecule has 0 amide bonds. The fourth-order valence-electron chi connectivity index (χ4n) is 3.47. The topological polar surface area (TPSA) is 121 Å². The molecule has 0 radical (unpaired) electrons. The van der Waals surface area contributed by atoms with E-state index in [0.717, 1.165) is 22.4 Å². The molecular weight excluding hydrogens is 366 g/mol. The first-order valence-corrected chi connectivity index (χ1v) is 8.96. The van der Waals surface area contributed by atoms with Crippen LogP contribution < -0.4 is 15.2 Å². The van der Waals surface area contributed by atoms with Crippen molar-refractivity contribution in [1.29, 1.82) is 10.5 Å². The molecule has 1 atom stereocenters. The number of nitrogens with two attached hydrogens (primary N) is 1. The highest BCUT2D eigenvalue weighted by atomic mass is 16.5. The zero-order chi connectivity index (χ0) is 20.4. The maximum atomic E-state index is 9.74. The molecule has 0 unspecified atom stereocenters. The Kier molecular flexibility index (Phi) is 4.64. The van der Waals surface area contributed by atoms with Crippen LogP contribution in [0, 0.1) is 29.6 Å². The van der Waals surface area contributed by atoms with Gasteiger partial charge in [-0.3, -0.25) is 5.10 Å². The quantitative estimate of drug-likeness (QED) is 0.712. The van der Waals surface area contributed by atoms with E-state index in [0.29, 0.717) is 22.8 Å². The zero-order valence-corrected chi connectivity index (χ0v) is 15.6. The Labute approximate surface area is 167 Å². The van der Waals surface area contributed by atoms with Gasteiger partial charge in [0.1, 0.15) is 24.0 Å². The van der Waals surface area contributed by atoms with E-state index in [-0.39, 0.29) is 12.5 Å². The third-order valence-corrected chi connectivity index (χ3v) is 4.88. The van der Waals surface area contributed by atoms with Crippen LogP contribution in [0.1, 0.15) is 33.9 Å². The summed E-state index contributed by atoms with van der Waals surface area (Å²) in [6, 6.07) is 19.1. The van der Waals surface area contributed by atoms with Crippen LogP contribution in [0.15, 0.2) is 60.0 Å². The first kappa shape index (κ1) is 18.1. The smallest absolute Gasteiger partial charge is 0.244 e. The van der Waals surface area contributed by atoms with Crippen LogP contribution >= 0.6 is 0 Å². The largest absolute Gasteiger partial charge is 0.489 e. The molecule has 2 heterocycles. The molecule has 3 aromatic rings. The van der Waals surface area contributed by atoms with Gasteiger partial charge in [0, 0.05) is 22.4 Å². The summed E-state index contributed by atoms with van der Waals surface area (Å²) in [5.41, 5.74) is 9.96. The van der Waals surface area contributed by atoms with E-state index in [9.17, 15) is 10.5 Å². The molecule has 0 bridgehead atoms. The molecule has 1 aliphatic rings. The van der Waals surface area contributed by atoms with Crippen LogP contribution in [-0.2, 0) is 6.61 Å². The lowest BCUT2D eigenvalue weighted by molar-refractivity contribution is 0.301. The van der Waals surface area contributed by atoms with Crippen LogP contribution in [0.5, 0.6) is 11.6 Å². The number of fused-ring (bicyclic) bond motifs is 1. The van der Waals surface area contributed by atoms with Crippen molar-refractivity contribution in [2.24, 2.45) is 5.73 Å². The van der Waals surface area contributed by atoms with Gasteiger partial charge in [0.2, 0.25) is 11.8 Å². The van der Waals surface area contributed by atoms with Crippen molar-refractivity contribution in [2.45, 2.75) is 19.4 Å². The Morgan fingerprint density at radius 3 is 2.69 bits per heavy atom. The number of allylic oxidation sites excluding steroid dienone is 1. The standard InChI is InChI=1S/C22H17N5O2/c1-13-19-20(17(11-24)21(25)29-22(19)27-26-13)16-8-4-5-9-18(16)28-12-15-7-3-2-6-14(15)10-23/h2-9,20H,12,25H2,1H3,(H,26,27)/t20-/m0/s1. The molecule has 0 spiro atoms. The number of aromatic amines is 1. The fraction of sp³-hybridized carbons (Fsp3) is 0.136. The van der Waals surface area contributed by atoms with Crippen LogP contribution in [0.2, 0.25) is 0 Å². The third kappa shape index (κ3) is 3.15. The highest BCUT2D eigenvalue weighted by molar-refractivity contribution is 5.58. The number of hydrogen-bond acceptors (Lipinski definition) is 6. The molecule has 142 valence electrons. The molecule has 4 rings (SSSR count). The van der Waals surface area contributed by atoms with Gasteiger partial charge in [0.15, 0.2) is 0 Å². The first-order valence-electron chi connectivity index (χ1n) is 8.96. The van der Waals surface area contributed by atoms with Crippen molar-refractivity contribution in [3.63, 3.8) is 0 Å². The zero-order valence-electron chi connectivity index (χ0n) is 15.6. The van der Waals surface area contributed by atoms with Crippen LogP contribution in [0.4, 0.5) is 0 Å². The summed E-state index contributed by atoms with van der Waals surface area (Å²) >= 11 is 0. The Morgan fingerprint density at radius 2 is 1.90 bits per heavy atom. The van der Waals surface area contributed by atoms with E-state index in [1.807, 2.05) is 49.4 Å². The predicted molar refractivity (Wildman–Crippen MR) is 105 cm³/mol. The number of rotatable bonds is 4. The van der Waals surface area contributed by atoms with Crippen LogP contribution in [-0.4, -0.2) is 10.2 Å². The lowest BCUT2D eigenvalue weighted by atomic mass is 9.83. The molecule has 0 saturated carbocycles. The van der Waals surface area contributed by atoms with Crippen molar-refractivity contribution in [3.05, 3.63) is 87.9 Å².